The van der Waals surface area contributed by atoms with Gasteiger partial charge in [0, 0.05) is 12.6 Å². The van der Waals surface area contributed by atoms with E-state index in [1.165, 1.54) is 58.2 Å². The van der Waals surface area contributed by atoms with Gasteiger partial charge >= 0.3 is 0 Å². The van der Waals surface area contributed by atoms with Crippen LogP contribution in [0.2, 0.25) is 0 Å². The van der Waals surface area contributed by atoms with Crippen LogP contribution in [0.5, 0.6) is 0 Å². The molecule has 0 heterocycles. The molecule has 0 radical (unpaired) electrons. The maximum atomic E-state index is 3.51. The minimum Gasteiger partial charge on any atom is -0.315 e. The minimum absolute atomic E-state index is 0.744. The van der Waals surface area contributed by atoms with Gasteiger partial charge in [-0.25, -0.2) is 0 Å². The Labute approximate surface area is 102 Å². The third-order valence-electron chi connectivity index (χ3n) is 3.67. The summed E-state index contributed by atoms with van der Waals surface area (Å²) >= 11 is 0. The van der Waals surface area contributed by atoms with Gasteiger partial charge in [0.2, 0.25) is 0 Å². The maximum absolute atomic E-state index is 3.51. The molecule has 2 heteroatoms. The van der Waals surface area contributed by atoms with Gasteiger partial charge in [0.15, 0.2) is 0 Å². The predicted molar refractivity (Wildman–Crippen MR) is 71.8 cm³/mol. The maximum Gasteiger partial charge on any atom is 0.0220 e. The lowest BCUT2D eigenvalue weighted by Crippen LogP contribution is -2.41. The third kappa shape index (κ3) is 5.31. The van der Waals surface area contributed by atoms with Crippen LogP contribution in [0, 0.1) is 5.92 Å². The quantitative estimate of drug-likeness (QED) is 0.616. The lowest BCUT2D eigenvalue weighted by Gasteiger charge is -2.27. The van der Waals surface area contributed by atoms with Gasteiger partial charge in [0.25, 0.3) is 0 Å². The lowest BCUT2D eigenvalue weighted by molar-refractivity contribution is 0.229. The van der Waals surface area contributed by atoms with Gasteiger partial charge in [-0.1, -0.05) is 26.7 Å². The molecule has 1 aliphatic rings. The van der Waals surface area contributed by atoms with E-state index in [0.717, 1.165) is 12.0 Å². The van der Waals surface area contributed by atoms with E-state index in [-0.39, 0.29) is 0 Å². The van der Waals surface area contributed by atoms with Gasteiger partial charge in [0.1, 0.15) is 0 Å². The Morgan fingerprint density at radius 3 is 2.06 bits per heavy atom. The molecule has 0 bridgehead atoms. The van der Waals surface area contributed by atoms with Crippen molar-refractivity contribution in [3.05, 3.63) is 0 Å². The van der Waals surface area contributed by atoms with E-state index in [4.69, 9.17) is 0 Å². The second kappa shape index (κ2) is 8.08. The van der Waals surface area contributed by atoms with Crippen LogP contribution in [-0.2, 0) is 0 Å². The van der Waals surface area contributed by atoms with E-state index < -0.39 is 0 Å². The highest BCUT2D eigenvalue weighted by molar-refractivity contribution is 4.87. The number of hydrogen-bond donors (Lipinski definition) is 1. The first-order valence-corrected chi connectivity index (χ1v) is 7.21. The monoisotopic (exact) mass is 226 g/mol. The van der Waals surface area contributed by atoms with Gasteiger partial charge in [-0.3, -0.25) is 0 Å². The molecule has 1 saturated carbocycles. The van der Waals surface area contributed by atoms with Crippen LogP contribution >= 0.6 is 0 Å². The van der Waals surface area contributed by atoms with Gasteiger partial charge in [0.05, 0.1) is 0 Å². The summed E-state index contributed by atoms with van der Waals surface area (Å²) in [6.07, 6.45) is 8.23. The molecule has 0 aliphatic heterocycles. The van der Waals surface area contributed by atoms with Crippen molar-refractivity contribution in [2.45, 2.75) is 58.4 Å². The molecule has 1 unspecified atom stereocenters. The van der Waals surface area contributed by atoms with Crippen molar-refractivity contribution in [3.63, 3.8) is 0 Å². The van der Waals surface area contributed by atoms with Crippen molar-refractivity contribution in [2.24, 2.45) is 5.92 Å². The Balaban J connectivity index is 2.27. The molecular weight excluding hydrogens is 196 g/mol. The zero-order chi connectivity index (χ0) is 11.8. The highest BCUT2D eigenvalue weighted by atomic mass is 15.1. The average molecular weight is 226 g/mol. The Morgan fingerprint density at radius 1 is 1.12 bits per heavy atom. The average Bonchev–Trinajstić information content (AvgIpc) is 3.12. The molecule has 0 aromatic heterocycles. The number of hydrogen-bond acceptors (Lipinski definition) is 2. The summed E-state index contributed by atoms with van der Waals surface area (Å²) in [5, 5.41) is 3.51. The summed E-state index contributed by atoms with van der Waals surface area (Å²) in [5.74, 6) is 0.968. The fourth-order valence-electron chi connectivity index (χ4n) is 2.31. The van der Waals surface area contributed by atoms with E-state index in [1.54, 1.807) is 0 Å². The van der Waals surface area contributed by atoms with Crippen molar-refractivity contribution < 1.29 is 0 Å². The molecule has 1 rings (SSSR count). The number of rotatable bonds is 10. The van der Waals surface area contributed by atoms with Crippen molar-refractivity contribution in [1.82, 2.24) is 10.2 Å². The number of unbranched alkanes of at least 4 members (excludes halogenated alkanes) is 2. The molecule has 1 fully saturated rings. The van der Waals surface area contributed by atoms with Crippen molar-refractivity contribution in [1.29, 1.82) is 0 Å². The van der Waals surface area contributed by atoms with Crippen LogP contribution in [0.25, 0.3) is 0 Å². The van der Waals surface area contributed by atoms with E-state index in [9.17, 15) is 0 Å². The highest BCUT2D eigenvalue weighted by Crippen LogP contribution is 2.32. The second-order valence-corrected chi connectivity index (χ2v) is 5.24. The van der Waals surface area contributed by atoms with E-state index in [2.05, 4.69) is 31.1 Å². The first-order valence-electron chi connectivity index (χ1n) is 7.21. The van der Waals surface area contributed by atoms with Gasteiger partial charge < -0.3 is 10.2 Å². The van der Waals surface area contributed by atoms with Crippen LogP contribution in [-0.4, -0.2) is 37.6 Å². The van der Waals surface area contributed by atoms with E-state index in [1.807, 2.05) is 0 Å². The first-order chi connectivity index (χ1) is 7.81. The molecule has 0 amide bonds. The largest absolute Gasteiger partial charge is 0.315 e. The summed E-state index contributed by atoms with van der Waals surface area (Å²) in [5.41, 5.74) is 0. The van der Waals surface area contributed by atoms with Crippen molar-refractivity contribution in [2.75, 3.05) is 26.7 Å². The predicted octanol–water partition coefficient (Wildman–Crippen LogP) is 2.89. The Hall–Kier alpha value is -0.0800. The molecule has 1 aliphatic carbocycles. The van der Waals surface area contributed by atoms with Crippen LogP contribution in [0.15, 0.2) is 0 Å². The van der Waals surface area contributed by atoms with Gasteiger partial charge in [-0.2, -0.15) is 0 Å². The Morgan fingerprint density at radius 2 is 1.69 bits per heavy atom. The molecule has 2 nitrogen and oxygen atoms in total. The SMILES string of the molecule is CCCCN(CCCC)CC(NC)C1CC1. The topological polar surface area (TPSA) is 15.3 Å². The third-order valence-corrected chi connectivity index (χ3v) is 3.67. The summed E-state index contributed by atoms with van der Waals surface area (Å²) in [6, 6.07) is 0.744. The van der Waals surface area contributed by atoms with Crippen LogP contribution in [0.3, 0.4) is 0 Å². The Bertz CT molecular complexity index is 158. The zero-order valence-electron chi connectivity index (χ0n) is 11.5. The summed E-state index contributed by atoms with van der Waals surface area (Å²) in [6.45, 7) is 8.42. The molecule has 1 N–H and O–H groups in total. The standard InChI is InChI=1S/C14H30N2/c1-4-6-10-16(11-7-5-2)12-14(15-3)13-8-9-13/h13-15H,4-12H2,1-3H3. The normalized spacial score (nSPS) is 18.0. The van der Waals surface area contributed by atoms with Gasteiger partial charge in [-0.15, -0.1) is 0 Å². The summed E-state index contributed by atoms with van der Waals surface area (Å²) in [4.78, 5) is 2.67. The minimum atomic E-state index is 0.744. The van der Waals surface area contributed by atoms with E-state index >= 15 is 0 Å². The van der Waals surface area contributed by atoms with Crippen LogP contribution < -0.4 is 5.32 Å². The molecule has 96 valence electrons. The fraction of sp³-hybridized carbons (Fsp3) is 1.00. The molecule has 16 heavy (non-hydrogen) atoms. The summed E-state index contributed by atoms with van der Waals surface area (Å²) < 4.78 is 0. The van der Waals surface area contributed by atoms with Crippen LogP contribution in [0.4, 0.5) is 0 Å². The second-order valence-electron chi connectivity index (χ2n) is 5.24. The number of likely N-dealkylation sites (N-methyl/N-ethyl adjacent to an activating group) is 1. The van der Waals surface area contributed by atoms with Crippen molar-refractivity contribution in [3.8, 4) is 0 Å². The van der Waals surface area contributed by atoms with Crippen molar-refractivity contribution >= 4 is 0 Å². The molecule has 0 spiro atoms. The highest BCUT2D eigenvalue weighted by Gasteiger charge is 2.30. The fourth-order valence-corrected chi connectivity index (χ4v) is 2.31. The summed E-state index contributed by atoms with van der Waals surface area (Å²) in [7, 11) is 2.13. The zero-order valence-corrected chi connectivity index (χ0v) is 11.5. The van der Waals surface area contributed by atoms with Crippen LogP contribution in [0.1, 0.15) is 52.4 Å². The van der Waals surface area contributed by atoms with Gasteiger partial charge in [-0.05, 0) is 51.7 Å². The number of nitrogens with zero attached hydrogens (tertiary/aromatic N) is 1. The lowest BCUT2D eigenvalue weighted by atomic mass is 10.1. The first kappa shape index (κ1) is 14.0. The Kier molecular flexibility index (Phi) is 7.06. The molecular formula is C14H30N2. The molecule has 0 aromatic rings. The molecule has 0 saturated heterocycles. The molecule has 1 atom stereocenters. The smallest absolute Gasteiger partial charge is 0.0220 e. The van der Waals surface area contributed by atoms with E-state index in [0.29, 0.717) is 0 Å². The number of nitrogens with one attached hydrogen (secondary N) is 1. The molecule has 0 aromatic carbocycles.